The van der Waals surface area contributed by atoms with Crippen molar-refractivity contribution >= 4 is 19.8 Å². The standard InChI is InChI=1S/C12H19FOSSi/c1-16(2,3)9-8-14-10-15-12-6-4-11(13)5-7-12/h4-7H,8-10H2,1-3H3. The zero-order valence-corrected chi connectivity index (χ0v) is 11.9. The van der Waals surface area contributed by atoms with Crippen LogP contribution in [-0.4, -0.2) is 20.6 Å². The quantitative estimate of drug-likeness (QED) is 0.327. The summed E-state index contributed by atoms with van der Waals surface area (Å²) in [6.45, 7) is 7.85. The van der Waals surface area contributed by atoms with E-state index in [4.69, 9.17) is 4.74 Å². The van der Waals surface area contributed by atoms with E-state index in [0.717, 1.165) is 11.5 Å². The first kappa shape index (κ1) is 13.7. The molecule has 0 N–H and O–H groups in total. The van der Waals surface area contributed by atoms with Gasteiger partial charge >= 0.3 is 0 Å². The number of thioether (sulfide) groups is 1. The molecule has 0 aliphatic rings. The summed E-state index contributed by atoms with van der Waals surface area (Å²) in [6.07, 6.45) is 0. The van der Waals surface area contributed by atoms with Gasteiger partial charge in [-0.05, 0) is 30.3 Å². The molecule has 4 heteroatoms. The number of benzene rings is 1. The number of rotatable bonds is 6. The topological polar surface area (TPSA) is 9.23 Å². The van der Waals surface area contributed by atoms with Gasteiger partial charge in [0.25, 0.3) is 0 Å². The van der Waals surface area contributed by atoms with E-state index in [0.29, 0.717) is 5.94 Å². The van der Waals surface area contributed by atoms with E-state index in [2.05, 4.69) is 19.6 Å². The van der Waals surface area contributed by atoms with Gasteiger partial charge in [0.15, 0.2) is 0 Å². The highest BCUT2D eigenvalue weighted by atomic mass is 32.2. The third-order valence-electron chi connectivity index (χ3n) is 2.12. The fourth-order valence-electron chi connectivity index (χ4n) is 1.08. The fourth-order valence-corrected chi connectivity index (χ4v) is 2.50. The van der Waals surface area contributed by atoms with Crippen molar-refractivity contribution in [3.05, 3.63) is 30.1 Å². The molecule has 1 aromatic carbocycles. The zero-order valence-electron chi connectivity index (χ0n) is 10.1. The normalized spacial score (nSPS) is 11.8. The third kappa shape index (κ3) is 6.30. The predicted molar refractivity (Wildman–Crippen MR) is 71.2 cm³/mol. The first-order valence-corrected chi connectivity index (χ1v) is 10.1. The van der Waals surface area contributed by atoms with E-state index >= 15 is 0 Å². The molecule has 0 fully saturated rings. The van der Waals surface area contributed by atoms with Crippen LogP contribution in [0, 0.1) is 5.82 Å². The maximum Gasteiger partial charge on any atom is 0.123 e. The van der Waals surface area contributed by atoms with E-state index < -0.39 is 8.07 Å². The van der Waals surface area contributed by atoms with Crippen LogP contribution in [0.4, 0.5) is 4.39 Å². The van der Waals surface area contributed by atoms with Crippen LogP contribution >= 0.6 is 11.8 Å². The van der Waals surface area contributed by atoms with Gasteiger partial charge in [0.1, 0.15) is 5.82 Å². The van der Waals surface area contributed by atoms with Crippen LogP contribution in [0.5, 0.6) is 0 Å². The van der Waals surface area contributed by atoms with Gasteiger partial charge in [-0.2, -0.15) is 0 Å². The van der Waals surface area contributed by atoms with Crippen molar-refractivity contribution in [2.45, 2.75) is 30.6 Å². The highest BCUT2D eigenvalue weighted by molar-refractivity contribution is 7.99. The Balaban J connectivity index is 2.14. The third-order valence-corrected chi connectivity index (χ3v) is 4.71. The van der Waals surface area contributed by atoms with Crippen molar-refractivity contribution in [2.75, 3.05) is 12.5 Å². The Labute approximate surface area is 102 Å². The van der Waals surface area contributed by atoms with Crippen molar-refractivity contribution < 1.29 is 9.13 Å². The molecule has 0 spiro atoms. The number of ether oxygens (including phenoxy) is 1. The van der Waals surface area contributed by atoms with Gasteiger partial charge in [0.2, 0.25) is 0 Å². The molecule has 0 aromatic heterocycles. The van der Waals surface area contributed by atoms with Crippen molar-refractivity contribution in [1.82, 2.24) is 0 Å². The molecular formula is C12H19FOSSi. The molecule has 1 rings (SSSR count). The Morgan fingerprint density at radius 2 is 1.81 bits per heavy atom. The molecule has 1 aromatic rings. The second-order valence-corrected chi connectivity index (χ2v) is 11.6. The minimum atomic E-state index is -0.978. The lowest BCUT2D eigenvalue weighted by Crippen LogP contribution is -2.21. The first-order valence-electron chi connectivity index (χ1n) is 5.43. The van der Waals surface area contributed by atoms with E-state index in [1.807, 2.05) is 0 Å². The van der Waals surface area contributed by atoms with Gasteiger partial charge < -0.3 is 4.74 Å². The zero-order chi connectivity index (χ0) is 12.0. The molecule has 0 heterocycles. The highest BCUT2D eigenvalue weighted by Gasteiger charge is 2.11. The average molecular weight is 258 g/mol. The van der Waals surface area contributed by atoms with Crippen LogP contribution in [0.3, 0.4) is 0 Å². The van der Waals surface area contributed by atoms with Gasteiger partial charge in [0, 0.05) is 19.6 Å². The van der Waals surface area contributed by atoms with Crippen molar-refractivity contribution in [3.8, 4) is 0 Å². The van der Waals surface area contributed by atoms with Crippen molar-refractivity contribution in [2.24, 2.45) is 0 Å². The molecule has 0 radical (unpaired) electrons. The van der Waals surface area contributed by atoms with Gasteiger partial charge in [0.05, 0.1) is 5.94 Å². The Bertz CT molecular complexity index is 308. The monoisotopic (exact) mass is 258 g/mol. The minimum Gasteiger partial charge on any atom is -0.371 e. The van der Waals surface area contributed by atoms with Gasteiger partial charge in [-0.3, -0.25) is 0 Å². The van der Waals surface area contributed by atoms with Crippen LogP contribution in [0.1, 0.15) is 0 Å². The summed E-state index contributed by atoms with van der Waals surface area (Å²) < 4.78 is 18.2. The number of halogens is 1. The van der Waals surface area contributed by atoms with E-state index in [1.54, 1.807) is 23.9 Å². The molecule has 90 valence electrons. The Morgan fingerprint density at radius 1 is 1.19 bits per heavy atom. The van der Waals surface area contributed by atoms with E-state index in [-0.39, 0.29) is 5.82 Å². The van der Waals surface area contributed by atoms with Gasteiger partial charge in [-0.1, -0.05) is 31.4 Å². The smallest absolute Gasteiger partial charge is 0.123 e. The summed E-state index contributed by atoms with van der Waals surface area (Å²) in [6, 6.07) is 7.70. The lowest BCUT2D eigenvalue weighted by Gasteiger charge is -2.15. The summed E-state index contributed by atoms with van der Waals surface area (Å²) in [5, 5.41) is 0. The van der Waals surface area contributed by atoms with Crippen molar-refractivity contribution in [3.63, 3.8) is 0 Å². The molecule has 1 nitrogen and oxygen atoms in total. The Kier molecular flexibility index (Phi) is 5.51. The largest absolute Gasteiger partial charge is 0.371 e. The Hall–Kier alpha value is -0.323. The van der Waals surface area contributed by atoms with E-state index in [9.17, 15) is 4.39 Å². The molecule has 0 atom stereocenters. The molecule has 16 heavy (non-hydrogen) atoms. The molecule has 0 unspecified atom stereocenters. The maximum atomic E-state index is 12.6. The highest BCUT2D eigenvalue weighted by Crippen LogP contribution is 2.18. The average Bonchev–Trinajstić information content (AvgIpc) is 2.19. The first-order chi connectivity index (χ1) is 7.47. The predicted octanol–water partition coefficient (Wildman–Crippen LogP) is 4.23. The summed E-state index contributed by atoms with van der Waals surface area (Å²) >= 11 is 1.61. The van der Waals surface area contributed by atoms with Crippen LogP contribution in [0.25, 0.3) is 0 Å². The summed E-state index contributed by atoms with van der Waals surface area (Å²) in [4.78, 5) is 1.05. The van der Waals surface area contributed by atoms with Crippen LogP contribution in [0.15, 0.2) is 29.2 Å². The maximum absolute atomic E-state index is 12.6. The molecule has 0 bridgehead atoms. The second-order valence-electron chi connectivity index (χ2n) is 4.94. The SMILES string of the molecule is C[Si](C)(C)CCOCSc1ccc(F)cc1. The molecular weight excluding hydrogens is 239 g/mol. The minimum absolute atomic E-state index is 0.191. The number of hydrogen-bond donors (Lipinski definition) is 0. The summed E-state index contributed by atoms with van der Waals surface area (Å²) in [5.41, 5.74) is 0. The van der Waals surface area contributed by atoms with Crippen LogP contribution < -0.4 is 0 Å². The summed E-state index contributed by atoms with van der Waals surface area (Å²) in [7, 11) is -0.978. The van der Waals surface area contributed by atoms with E-state index in [1.165, 1.54) is 18.2 Å². The molecule has 0 aliphatic carbocycles. The second kappa shape index (κ2) is 6.42. The Morgan fingerprint density at radius 3 is 2.38 bits per heavy atom. The summed E-state index contributed by atoms with van der Waals surface area (Å²) in [5.74, 6) is 0.458. The molecule has 0 aliphatic heterocycles. The number of hydrogen-bond acceptors (Lipinski definition) is 2. The molecule has 0 saturated heterocycles. The molecule has 0 saturated carbocycles. The fraction of sp³-hybridized carbons (Fsp3) is 0.500. The van der Waals surface area contributed by atoms with Crippen LogP contribution in [-0.2, 0) is 4.74 Å². The lowest BCUT2D eigenvalue weighted by molar-refractivity contribution is 0.198. The van der Waals surface area contributed by atoms with Crippen molar-refractivity contribution in [1.29, 1.82) is 0 Å². The lowest BCUT2D eigenvalue weighted by atomic mass is 10.4. The van der Waals surface area contributed by atoms with Crippen LogP contribution in [0.2, 0.25) is 25.7 Å². The molecule has 0 amide bonds. The van der Waals surface area contributed by atoms with Gasteiger partial charge in [-0.15, -0.1) is 0 Å². The van der Waals surface area contributed by atoms with Gasteiger partial charge in [-0.25, -0.2) is 4.39 Å².